The maximum atomic E-state index is 11.0. The summed E-state index contributed by atoms with van der Waals surface area (Å²) in [7, 11) is 1.34. The highest BCUT2D eigenvalue weighted by Crippen LogP contribution is 2.14. The van der Waals surface area contributed by atoms with Crippen LogP contribution in [0.25, 0.3) is 6.08 Å². The smallest absolute Gasteiger partial charge is 0.330 e. The molecule has 0 saturated heterocycles. The third kappa shape index (κ3) is 8.78. The third-order valence-electron chi connectivity index (χ3n) is 3.21. The quantitative estimate of drug-likeness (QED) is 0.352. The Balaban J connectivity index is 2.13. The Bertz CT molecular complexity index is 545. The van der Waals surface area contributed by atoms with Gasteiger partial charge in [0.05, 0.1) is 20.3 Å². The van der Waals surface area contributed by atoms with Crippen molar-refractivity contribution < 1.29 is 23.8 Å². The summed E-state index contributed by atoms with van der Waals surface area (Å²) in [6.07, 6.45) is 8.04. The van der Waals surface area contributed by atoms with Crippen LogP contribution >= 0.6 is 0 Å². The summed E-state index contributed by atoms with van der Waals surface area (Å²) in [4.78, 5) is 21.8. The van der Waals surface area contributed by atoms with Crippen LogP contribution in [-0.4, -0.2) is 32.3 Å². The monoisotopic (exact) mass is 332 g/mol. The van der Waals surface area contributed by atoms with Crippen molar-refractivity contribution in [2.75, 3.05) is 20.3 Å². The van der Waals surface area contributed by atoms with Crippen molar-refractivity contribution in [2.24, 2.45) is 0 Å². The number of rotatable bonds is 11. The molecule has 5 nitrogen and oxygen atoms in total. The van der Waals surface area contributed by atoms with Crippen LogP contribution in [0.4, 0.5) is 0 Å². The molecule has 0 heterocycles. The molecule has 0 fully saturated rings. The number of benzene rings is 1. The Kier molecular flexibility index (Phi) is 9.69. The minimum atomic E-state index is -0.380. The van der Waals surface area contributed by atoms with E-state index in [9.17, 15) is 9.59 Å². The molecule has 0 aliphatic carbocycles. The molecule has 1 aromatic rings. The van der Waals surface area contributed by atoms with Crippen LogP contribution in [-0.2, 0) is 19.1 Å². The molecule has 0 unspecified atom stereocenters. The van der Waals surface area contributed by atoms with Gasteiger partial charge in [-0.25, -0.2) is 9.59 Å². The standard InChI is InChI=1S/C19H24O5/c1-3-18(20)24-15-7-5-4-6-14-23-17-11-8-16(9-12-17)10-13-19(21)22-2/h3,8-13H,1,4-7,14-15H2,2H3/b13-10-. The van der Waals surface area contributed by atoms with E-state index >= 15 is 0 Å². The van der Waals surface area contributed by atoms with E-state index in [2.05, 4.69) is 11.3 Å². The largest absolute Gasteiger partial charge is 0.494 e. The molecule has 0 amide bonds. The molecule has 24 heavy (non-hydrogen) atoms. The van der Waals surface area contributed by atoms with Crippen LogP contribution in [0.15, 0.2) is 43.0 Å². The van der Waals surface area contributed by atoms with Crippen LogP contribution < -0.4 is 4.74 Å². The Morgan fingerprint density at radius 3 is 2.29 bits per heavy atom. The molecule has 0 N–H and O–H groups in total. The molecule has 0 atom stereocenters. The molecule has 1 aromatic carbocycles. The van der Waals surface area contributed by atoms with E-state index in [4.69, 9.17) is 9.47 Å². The van der Waals surface area contributed by atoms with Crippen LogP contribution in [0, 0.1) is 0 Å². The maximum absolute atomic E-state index is 11.0. The zero-order chi connectivity index (χ0) is 17.6. The summed E-state index contributed by atoms with van der Waals surface area (Å²) in [6, 6.07) is 7.49. The predicted molar refractivity (Wildman–Crippen MR) is 92.6 cm³/mol. The molecule has 0 saturated carbocycles. The summed E-state index contributed by atoms with van der Waals surface area (Å²) < 4.78 is 15.1. The second-order valence-electron chi connectivity index (χ2n) is 5.06. The first-order valence-corrected chi connectivity index (χ1v) is 7.94. The number of ether oxygens (including phenoxy) is 3. The van der Waals surface area contributed by atoms with Gasteiger partial charge in [-0.15, -0.1) is 0 Å². The van der Waals surface area contributed by atoms with Crippen LogP contribution in [0.3, 0.4) is 0 Å². The Labute approximate surface area is 142 Å². The molecular formula is C19H24O5. The summed E-state index contributed by atoms with van der Waals surface area (Å²) >= 11 is 0. The third-order valence-corrected chi connectivity index (χ3v) is 3.21. The number of hydrogen-bond acceptors (Lipinski definition) is 5. The van der Waals surface area contributed by atoms with Crippen molar-refractivity contribution in [1.82, 2.24) is 0 Å². The molecule has 0 aliphatic heterocycles. The zero-order valence-electron chi connectivity index (χ0n) is 14.0. The first kappa shape index (κ1) is 19.5. The first-order chi connectivity index (χ1) is 11.7. The van der Waals surface area contributed by atoms with E-state index in [1.807, 2.05) is 24.3 Å². The first-order valence-electron chi connectivity index (χ1n) is 7.94. The molecular weight excluding hydrogens is 308 g/mol. The van der Waals surface area contributed by atoms with Crippen LogP contribution in [0.1, 0.15) is 31.2 Å². The van der Waals surface area contributed by atoms with Crippen molar-refractivity contribution in [3.05, 3.63) is 48.6 Å². The lowest BCUT2D eigenvalue weighted by molar-refractivity contribution is -0.138. The summed E-state index contributed by atoms with van der Waals surface area (Å²) in [5.41, 5.74) is 0.904. The molecule has 130 valence electrons. The van der Waals surface area contributed by atoms with Gasteiger partial charge in [0, 0.05) is 12.2 Å². The molecule has 0 radical (unpaired) electrons. The predicted octanol–water partition coefficient (Wildman–Crippen LogP) is 3.54. The van der Waals surface area contributed by atoms with Crippen molar-refractivity contribution >= 4 is 18.0 Å². The molecule has 5 heteroatoms. The van der Waals surface area contributed by atoms with Crippen LogP contribution in [0.5, 0.6) is 5.75 Å². The van der Waals surface area contributed by atoms with E-state index in [1.54, 1.807) is 6.08 Å². The molecule has 0 aliphatic rings. The summed E-state index contributed by atoms with van der Waals surface area (Å²) in [5.74, 6) is 0.0444. The van der Waals surface area contributed by atoms with E-state index in [-0.39, 0.29) is 11.9 Å². The van der Waals surface area contributed by atoms with Crippen molar-refractivity contribution in [2.45, 2.75) is 25.7 Å². The fraction of sp³-hybridized carbons (Fsp3) is 0.368. The number of methoxy groups -OCH3 is 1. The lowest BCUT2D eigenvalue weighted by Gasteiger charge is -2.06. The number of carbonyl (C=O) groups excluding carboxylic acids is 2. The summed E-state index contributed by atoms with van der Waals surface area (Å²) in [6.45, 7) is 4.42. The number of esters is 2. The van der Waals surface area contributed by atoms with Gasteiger partial charge in [-0.3, -0.25) is 0 Å². The lowest BCUT2D eigenvalue weighted by atomic mass is 10.2. The van der Waals surface area contributed by atoms with Gasteiger partial charge in [0.15, 0.2) is 0 Å². The minimum absolute atomic E-state index is 0.372. The minimum Gasteiger partial charge on any atom is -0.494 e. The highest BCUT2D eigenvalue weighted by molar-refractivity contribution is 5.86. The van der Waals surface area contributed by atoms with Crippen molar-refractivity contribution in [3.63, 3.8) is 0 Å². The lowest BCUT2D eigenvalue weighted by Crippen LogP contribution is -2.02. The molecule has 0 spiro atoms. The van der Waals surface area contributed by atoms with Gasteiger partial charge in [0.2, 0.25) is 0 Å². The molecule has 0 bridgehead atoms. The Morgan fingerprint density at radius 1 is 1.00 bits per heavy atom. The number of carbonyl (C=O) groups is 2. The number of hydrogen-bond donors (Lipinski definition) is 0. The van der Waals surface area contributed by atoms with Crippen molar-refractivity contribution in [3.8, 4) is 5.75 Å². The van der Waals surface area contributed by atoms with E-state index in [0.717, 1.165) is 37.0 Å². The highest BCUT2D eigenvalue weighted by Gasteiger charge is 1.97. The second kappa shape index (κ2) is 11.9. The van der Waals surface area contributed by atoms with E-state index in [0.29, 0.717) is 13.2 Å². The second-order valence-corrected chi connectivity index (χ2v) is 5.06. The van der Waals surface area contributed by atoms with Gasteiger partial charge < -0.3 is 14.2 Å². The summed E-state index contributed by atoms with van der Waals surface area (Å²) in [5, 5.41) is 0. The Morgan fingerprint density at radius 2 is 1.67 bits per heavy atom. The van der Waals surface area contributed by atoms with Gasteiger partial charge in [0.1, 0.15) is 5.75 Å². The SMILES string of the molecule is C=CC(=O)OCCCCCCOc1ccc(/C=C\C(=O)OC)cc1. The average molecular weight is 332 g/mol. The molecule has 0 aromatic heterocycles. The van der Waals surface area contributed by atoms with E-state index < -0.39 is 0 Å². The van der Waals surface area contributed by atoms with E-state index in [1.165, 1.54) is 19.3 Å². The van der Waals surface area contributed by atoms with Gasteiger partial charge in [-0.05, 0) is 49.5 Å². The van der Waals surface area contributed by atoms with Gasteiger partial charge in [0.25, 0.3) is 0 Å². The van der Waals surface area contributed by atoms with Crippen LogP contribution in [0.2, 0.25) is 0 Å². The van der Waals surface area contributed by atoms with Gasteiger partial charge in [-0.1, -0.05) is 18.7 Å². The van der Waals surface area contributed by atoms with Gasteiger partial charge in [-0.2, -0.15) is 0 Å². The number of unbranched alkanes of at least 4 members (excludes halogenated alkanes) is 3. The normalized spacial score (nSPS) is 10.4. The Hall–Kier alpha value is -2.56. The molecule has 1 rings (SSSR count). The van der Waals surface area contributed by atoms with Gasteiger partial charge >= 0.3 is 11.9 Å². The maximum Gasteiger partial charge on any atom is 0.330 e. The fourth-order valence-corrected chi connectivity index (χ4v) is 1.89. The van der Waals surface area contributed by atoms with Crippen molar-refractivity contribution in [1.29, 1.82) is 0 Å². The highest BCUT2D eigenvalue weighted by atomic mass is 16.5. The average Bonchev–Trinajstić information content (AvgIpc) is 2.62. The topological polar surface area (TPSA) is 61.8 Å². The fourth-order valence-electron chi connectivity index (χ4n) is 1.89. The zero-order valence-corrected chi connectivity index (χ0v) is 14.0.